The van der Waals surface area contributed by atoms with Gasteiger partial charge in [-0.3, -0.25) is 0 Å². The molecule has 0 radical (unpaired) electrons. The molecule has 17 heavy (non-hydrogen) atoms. The van der Waals surface area contributed by atoms with Crippen LogP contribution < -0.4 is 10.6 Å². The fraction of sp³-hybridized carbons (Fsp3) is 0.600. The summed E-state index contributed by atoms with van der Waals surface area (Å²) in [6, 6.07) is 10.2. The zero-order chi connectivity index (χ0) is 12.3. The minimum absolute atomic E-state index is 0.633. The molecule has 2 heteroatoms. The van der Waals surface area contributed by atoms with Gasteiger partial charge >= 0.3 is 0 Å². The van der Waals surface area contributed by atoms with Crippen molar-refractivity contribution in [1.29, 1.82) is 0 Å². The van der Waals surface area contributed by atoms with Gasteiger partial charge in [-0.05, 0) is 43.9 Å². The molecule has 0 bridgehead atoms. The summed E-state index contributed by atoms with van der Waals surface area (Å²) in [7, 11) is 0. The third-order valence-corrected chi connectivity index (χ3v) is 3.59. The van der Waals surface area contributed by atoms with Crippen LogP contribution in [0.2, 0.25) is 0 Å². The topological polar surface area (TPSA) is 29.3 Å². The number of hydrogen-bond donors (Lipinski definition) is 1. The molecule has 0 aliphatic heterocycles. The Balaban J connectivity index is 2.13. The van der Waals surface area contributed by atoms with Crippen LogP contribution in [0, 0.1) is 0 Å². The molecule has 2 rings (SSSR count). The second-order valence-corrected chi connectivity index (χ2v) is 5.15. The number of hydrogen-bond acceptors (Lipinski definition) is 2. The van der Waals surface area contributed by atoms with E-state index < -0.39 is 0 Å². The van der Waals surface area contributed by atoms with Gasteiger partial charge in [0.25, 0.3) is 0 Å². The number of anilines is 1. The Morgan fingerprint density at radius 3 is 2.41 bits per heavy atom. The lowest BCUT2D eigenvalue weighted by atomic mass is 10.1. The van der Waals surface area contributed by atoms with Gasteiger partial charge in [-0.1, -0.05) is 25.5 Å². The second-order valence-electron chi connectivity index (χ2n) is 5.15. The standard InChI is InChI=1S/C15H24N2/c1-3-4-12(2)17(15-9-10-15)14-7-5-13(11-16)6-8-14/h5-8,12,15H,3-4,9-11,16H2,1-2H3. The molecule has 0 saturated heterocycles. The largest absolute Gasteiger partial charge is 0.366 e. The van der Waals surface area contributed by atoms with Gasteiger partial charge in [-0.25, -0.2) is 0 Å². The molecule has 1 fully saturated rings. The molecule has 1 aliphatic carbocycles. The van der Waals surface area contributed by atoms with Crippen molar-refractivity contribution in [3.05, 3.63) is 29.8 Å². The van der Waals surface area contributed by atoms with Crippen LogP contribution in [0.25, 0.3) is 0 Å². The van der Waals surface area contributed by atoms with Crippen LogP contribution in [0.3, 0.4) is 0 Å². The van der Waals surface area contributed by atoms with Crippen molar-refractivity contribution in [2.45, 2.75) is 58.2 Å². The molecular formula is C15H24N2. The van der Waals surface area contributed by atoms with E-state index in [1.165, 1.54) is 36.9 Å². The van der Waals surface area contributed by atoms with Gasteiger partial charge in [0.1, 0.15) is 0 Å². The first-order chi connectivity index (χ1) is 8.26. The Hall–Kier alpha value is -1.02. The summed E-state index contributed by atoms with van der Waals surface area (Å²) in [5.41, 5.74) is 8.22. The summed E-state index contributed by atoms with van der Waals surface area (Å²) < 4.78 is 0. The van der Waals surface area contributed by atoms with E-state index in [1.807, 2.05) is 0 Å². The first-order valence-electron chi connectivity index (χ1n) is 6.83. The van der Waals surface area contributed by atoms with Crippen LogP contribution in [0.5, 0.6) is 0 Å². The van der Waals surface area contributed by atoms with Gasteiger partial charge in [-0.2, -0.15) is 0 Å². The second kappa shape index (κ2) is 5.54. The third-order valence-electron chi connectivity index (χ3n) is 3.59. The maximum absolute atomic E-state index is 5.64. The smallest absolute Gasteiger partial charge is 0.0371 e. The van der Waals surface area contributed by atoms with Crippen molar-refractivity contribution in [2.24, 2.45) is 5.73 Å². The first kappa shape index (κ1) is 12.4. The molecule has 1 saturated carbocycles. The van der Waals surface area contributed by atoms with E-state index in [-0.39, 0.29) is 0 Å². The summed E-state index contributed by atoms with van der Waals surface area (Å²) in [4.78, 5) is 2.60. The molecular weight excluding hydrogens is 208 g/mol. The highest BCUT2D eigenvalue weighted by Gasteiger charge is 2.31. The molecule has 1 aromatic carbocycles. The molecule has 1 unspecified atom stereocenters. The fourth-order valence-electron chi connectivity index (χ4n) is 2.54. The highest BCUT2D eigenvalue weighted by atomic mass is 15.2. The lowest BCUT2D eigenvalue weighted by Crippen LogP contribution is -2.35. The Kier molecular flexibility index (Phi) is 4.06. The Bertz CT molecular complexity index is 340. The summed E-state index contributed by atoms with van der Waals surface area (Å²) in [6.07, 6.45) is 5.24. The molecule has 2 N–H and O–H groups in total. The van der Waals surface area contributed by atoms with E-state index >= 15 is 0 Å². The van der Waals surface area contributed by atoms with Crippen LogP contribution in [-0.4, -0.2) is 12.1 Å². The molecule has 0 aromatic heterocycles. The highest BCUT2D eigenvalue weighted by molar-refractivity contribution is 5.50. The molecule has 1 aliphatic rings. The van der Waals surface area contributed by atoms with E-state index in [4.69, 9.17) is 5.73 Å². The summed E-state index contributed by atoms with van der Waals surface area (Å²) in [5.74, 6) is 0. The molecule has 1 atom stereocenters. The number of rotatable bonds is 6. The predicted molar refractivity (Wildman–Crippen MR) is 74.2 cm³/mol. The summed E-state index contributed by atoms with van der Waals surface area (Å²) in [5, 5.41) is 0. The molecule has 1 aromatic rings. The van der Waals surface area contributed by atoms with Crippen molar-refractivity contribution in [1.82, 2.24) is 0 Å². The van der Waals surface area contributed by atoms with Crippen LogP contribution in [-0.2, 0) is 6.54 Å². The third kappa shape index (κ3) is 3.01. The van der Waals surface area contributed by atoms with Crippen LogP contribution in [0.15, 0.2) is 24.3 Å². The molecule has 0 heterocycles. The average molecular weight is 232 g/mol. The minimum atomic E-state index is 0.633. The van der Waals surface area contributed by atoms with E-state index in [9.17, 15) is 0 Å². The van der Waals surface area contributed by atoms with Crippen molar-refractivity contribution in [3.8, 4) is 0 Å². The van der Waals surface area contributed by atoms with Gasteiger partial charge < -0.3 is 10.6 Å². The van der Waals surface area contributed by atoms with Gasteiger partial charge in [0.15, 0.2) is 0 Å². The minimum Gasteiger partial charge on any atom is -0.366 e. The van der Waals surface area contributed by atoms with Gasteiger partial charge in [0.2, 0.25) is 0 Å². The number of nitrogens with two attached hydrogens (primary N) is 1. The van der Waals surface area contributed by atoms with E-state index in [2.05, 4.69) is 43.0 Å². The first-order valence-corrected chi connectivity index (χ1v) is 6.83. The predicted octanol–water partition coefficient (Wildman–Crippen LogP) is 3.30. The van der Waals surface area contributed by atoms with Crippen molar-refractivity contribution in [2.75, 3.05) is 4.90 Å². The molecule has 0 spiro atoms. The van der Waals surface area contributed by atoms with Crippen molar-refractivity contribution in [3.63, 3.8) is 0 Å². The van der Waals surface area contributed by atoms with Crippen LogP contribution >= 0.6 is 0 Å². The van der Waals surface area contributed by atoms with E-state index in [1.54, 1.807) is 0 Å². The van der Waals surface area contributed by atoms with E-state index in [0.717, 1.165) is 6.04 Å². The normalized spacial score (nSPS) is 16.9. The Morgan fingerprint density at radius 1 is 1.29 bits per heavy atom. The average Bonchev–Trinajstić information content (AvgIpc) is 3.15. The highest BCUT2D eigenvalue weighted by Crippen LogP contribution is 2.34. The van der Waals surface area contributed by atoms with Gasteiger partial charge in [0, 0.05) is 24.3 Å². The van der Waals surface area contributed by atoms with Gasteiger partial charge in [-0.15, -0.1) is 0 Å². The summed E-state index contributed by atoms with van der Waals surface area (Å²) in [6.45, 7) is 5.24. The zero-order valence-corrected chi connectivity index (χ0v) is 11.0. The quantitative estimate of drug-likeness (QED) is 0.815. The molecule has 0 amide bonds. The fourth-order valence-corrected chi connectivity index (χ4v) is 2.54. The van der Waals surface area contributed by atoms with E-state index in [0.29, 0.717) is 12.6 Å². The van der Waals surface area contributed by atoms with Crippen molar-refractivity contribution >= 4 is 5.69 Å². The zero-order valence-electron chi connectivity index (χ0n) is 11.0. The summed E-state index contributed by atoms with van der Waals surface area (Å²) >= 11 is 0. The lowest BCUT2D eigenvalue weighted by molar-refractivity contribution is 0.577. The molecule has 94 valence electrons. The molecule has 2 nitrogen and oxygen atoms in total. The lowest BCUT2D eigenvalue weighted by Gasteiger charge is -2.31. The number of nitrogens with zero attached hydrogens (tertiary/aromatic N) is 1. The maximum Gasteiger partial charge on any atom is 0.0371 e. The van der Waals surface area contributed by atoms with Crippen LogP contribution in [0.1, 0.15) is 45.1 Å². The Labute approximate surface area is 105 Å². The van der Waals surface area contributed by atoms with Crippen LogP contribution in [0.4, 0.5) is 5.69 Å². The number of benzene rings is 1. The van der Waals surface area contributed by atoms with Crippen molar-refractivity contribution < 1.29 is 0 Å². The SMILES string of the molecule is CCCC(C)N(c1ccc(CN)cc1)C1CC1. The Morgan fingerprint density at radius 2 is 1.94 bits per heavy atom. The maximum atomic E-state index is 5.64. The monoisotopic (exact) mass is 232 g/mol. The van der Waals surface area contributed by atoms with Gasteiger partial charge in [0.05, 0.1) is 0 Å².